The number of hydrogen-bond donors (Lipinski definition) is 2. The summed E-state index contributed by atoms with van der Waals surface area (Å²) in [6, 6.07) is 18.6. The average Bonchev–Trinajstić information content (AvgIpc) is 3.39. The number of nitrogens with one attached hydrogen (secondary N) is 1. The Kier molecular flexibility index (Phi) is 6.96. The van der Waals surface area contributed by atoms with Crippen molar-refractivity contribution in [3.8, 4) is 11.5 Å². The summed E-state index contributed by atoms with van der Waals surface area (Å²) in [6.45, 7) is 1.89. The molecule has 0 radical (unpaired) electrons. The second kappa shape index (κ2) is 10.7. The second-order valence-electron chi connectivity index (χ2n) is 12.6. The smallest absolute Gasteiger partial charge is 0.508 e. The number of amides is 4. The Morgan fingerprint density at radius 1 is 0.915 bits per heavy atom. The van der Waals surface area contributed by atoms with Gasteiger partial charge < -0.3 is 9.84 Å². The Morgan fingerprint density at radius 2 is 1.62 bits per heavy atom. The Balaban J connectivity index is 1.48. The maximum absolute atomic E-state index is 15.0. The van der Waals surface area contributed by atoms with Crippen LogP contribution in [0, 0.1) is 30.6 Å². The van der Waals surface area contributed by atoms with Gasteiger partial charge in [0.2, 0.25) is 11.8 Å². The molecule has 4 amide bonds. The Labute approximate surface area is 267 Å². The summed E-state index contributed by atoms with van der Waals surface area (Å²) in [7, 11) is 1.40. The number of alkyl halides is 3. The zero-order chi connectivity index (χ0) is 33.4. The summed E-state index contributed by atoms with van der Waals surface area (Å²) in [5.41, 5.74) is 3.44. The molecule has 4 aliphatic rings. The molecule has 3 aromatic rings. The molecule has 0 unspecified atom stereocenters. The molecule has 2 N–H and O–H groups in total. The van der Waals surface area contributed by atoms with Crippen LogP contribution < -0.4 is 10.2 Å². The summed E-state index contributed by atoms with van der Waals surface area (Å²) in [6.07, 6.45) is -3.13. The summed E-state index contributed by atoms with van der Waals surface area (Å²) in [4.78, 5) is 57.3. The van der Waals surface area contributed by atoms with Crippen molar-refractivity contribution in [1.82, 2.24) is 9.91 Å². The topological polar surface area (TPSA) is 116 Å². The molecule has 6 atom stereocenters. The zero-order valence-electron chi connectivity index (χ0n) is 25.3. The molecule has 3 aromatic carbocycles. The van der Waals surface area contributed by atoms with Crippen molar-refractivity contribution < 1.29 is 42.2 Å². The molecule has 2 saturated heterocycles. The SMILES string of the molecule is Cc1ccc(NN2C(=O)[C@@H]3C[C@@H]4C(=CC[C@@H]5C(=O)N(C)C(=O)[C@@H]54)[C@H](c4cc(OC(F)(F)F)ccc4O)[C@]3(c3ccccc3)C2=O)cc1. The van der Waals surface area contributed by atoms with Gasteiger partial charge in [-0.1, -0.05) is 59.7 Å². The lowest BCUT2D eigenvalue weighted by atomic mass is 9.49. The third-order valence-corrected chi connectivity index (χ3v) is 10.2. The Bertz CT molecular complexity index is 1840. The van der Waals surface area contributed by atoms with Crippen LogP contribution in [-0.2, 0) is 24.6 Å². The van der Waals surface area contributed by atoms with E-state index in [1.54, 1.807) is 60.7 Å². The van der Waals surface area contributed by atoms with E-state index in [1.165, 1.54) is 7.05 Å². The van der Waals surface area contributed by atoms with Crippen molar-refractivity contribution in [1.29, 1.82) is 0 Å². The molecule has 0 spiro atoms. The first-order valence-corrected chi connectivity index (χ1v) is 15.2. The fourth-order valence-corrected chi connectivity index (χ4v) is 8.21. The van der Waals surface area contributed by atoms with Gasteiger partial charge in [0.1, 0.15) is 11.5 Å². The van der Waals surface area contributed by atoms with Crippen LogP contribution in [0.25, 0.3) is 0 Å². The van der Waals surface area contributed by atoms with Gasteiger partial charge in [0.05, 0.1) is 28.9 Å². The molecule has 7 rings (SSSR count). The van der Waals surface area contributed by atoms with Crippen LogP contribution >= 0.6 is 0 Å². The molecule has 2 heterocycles. The number of halogens is 3. The van der Waals surface area contributed by atoms with E-state index in [4.69, 9.17) is 0 Å². The van der Waals surface area contributed by atoms with E-state index in [0.717, 1.165) is 33.7 Å². The lowest BCUT2D eigenvalue weighted by molar-refractivity contribution is -0.274. The van der Waals surface area contributed by atoms with Gasteiger partial charge in [0.25, 0.3) is 11.8 Å². The summed E-state index contributed by atoms with van der Waals surface area (Å²) < 4.78 is 44.5. The molecule has 242 valence electrons. The van der Waals surface area contributed by atoms with Crippen LogP contribution in [0.3, 0.4) is 0 Å². The number of nitrogens with zero attached hydrogens (tertiary/aromatic N) is 2. The highest BCUT2D eigenvalue weighted by Gasteiger charge is 2.70. The quantitative estimate of drug-likeness (QED) is 0.289. The van der Waals surface area contributed by atoms with E-state index in [9.17, 15) is 32.7 Å². The van der Waals surface area contributed by atoms with Crippen molar-refractivity contribution in [3.05, 3.63) is 101 Å². The van der Waals surface area contributed by atoms with Crippen molar-refractivity contribution in [2.24, 2.45) is 23.7 Å². The molecule has 47 heavy (non-hydrogen) atoms. The largest absolute Gasteiger partial charge is 0.573 e. The van der Waals surface area contributed by atoms with E-state index in [-0.39, 0.29) is 24.3 Å². The molecule has 2 aliphatic carbocycles. The number of benzene rings is 3. The maximum Gasteiger partial charge on any atom is 0.573 e. The first kappa shape index (κ1) is 30.5. The van der Waals surface area contributed by atoms with E-state index < -0.39 is 70.6 Å². The van der Waals surface area contributed by atoms with Crippen LogP contribution in [0.2, 0.25) is 0 Å². The lowest BCUT2D eigenvalue weighted by Gasteiger charge is -2.50. The first-order chi connectivity index (χ1) is 22.3. The molecule has 12 heteroatoms. The van der Waals surface area contributed by atoms with Crippen molar-refractivity contribution in [2.75, 3.05) is 12.5 Å². The summed E-state index contributed by atoms with van der Waals surface area (Å²) >= 11 is 0. The molecule has 1 saturated carbocycles. The van der Waals surface area contributed by atoms with Gasteiger partial charge >= 0.3 is 6.36 Å². The van der Waals surface area contributed by atoms with Gasteiger partial charge in [-0.2, -0.15) is 5.01 Å². The number of phenols is 1. The molecular weight excluding hydrogens is 615 g/mol. The van der Waals surface area contributed by atoms with E-state index in [0.29, 0.717) is 16.8 Å². The van der Waals surface area contributed by atoms with Gasteiger partial charge in [-0.05, 0) is 61.6 Å². The van der Waals surface area contributed by atoms with Gasteiger partial charge in [-0.3, -0.25) is 29.5 Å². The molecule has 0 aromatic heterocycles. The van der Waals surface area contributed by atoms with Gasteiger partial charge in [-0.15, -0.1) is 13.2 Å². The number of hydrazine groups is 1. The number of allylic oxidation sites excluding steroid dienone is 2. The summed E-state index contributed by atoms with van der Waals surface area (Å²) in [5, 5.41) is 12.3. The molecule has 0 bridgehead atoms. The molecule has 2 aliphatic heterocycles. The van der Waals surface area contributed by atoms with Crippen molar-refractivity contribution in [3.63, 3.8) is 0 Å². The van der Waals surface area contributed by atoms with E-state index in [1.807, 2.05) is 6.92 Å². The number of carbonyl (C=O) groups excluding carboxylic acids is 4. The van der Waals surface area contributed by atoms with Crippen molar-refractivity contribution >= 4 is 29.3 Å². The third-order valence-electron chi connectivity index (χ3n) is 10.2. The average molecular weight is 646 g/mol. The number of aryl methyl sites for hydroxylation is 1. The summed E-state index contributed by atoms with van der Waals surface area (Å²) in [5.74, 6) is -7.67. The number of aromatic hydroxyl groups is 1. The van der Waals surface area contributed by atoms with Crippen molar-refractivity contribution in [2.45, 2.75) is 37.5 Å². The second-order valence-corrected chi connectivity index (χ2v) is 12.6. The fraction of sp³-hybridized carbons (Fsp3) is 0.314. The fourth-order valence-electron chi connectivity index (χ4n) is 8.21. The van der Waals surface area contributed by atoms with Crippen LogP contribution in [-0.4, -0.2) is 52.1 Å². The molecule has 3 fully saturated rings. The number of phenolic OH excluding ortho intramolecular Hbond substituents is 1. The first-order valence-electron chi connectivity index (χ1n) is 15.2. The maximum atomic E-state index is 15.0. The normalized spacial score (nSPS) is 28.5. The number of hydrogen-bond acceptors (Lipinski definition) is 7. The minimum atomic E-state index is -5.05. The van der Waals surface area contributed by atoms with Crippen LogP contribution in [0.4, 0.5) is 18.9 Å². The number of anilines is 1. The number of fused-ring (bicyclic) bond motifs is 4. The van der Waals surface area contributed by atoms with Crippen LogP contribution in [0.1, 0.15) is 35.4 Å². The van der Waals surface area contributed by atoms with E-state index in [2.05, 4.69) is 10.2 Å². The predicted molar refractivity (Wildman–Crippen MR) is 161 cm³/mol. The van der Waals surface area contributed by atoms with Gasteiger partial charge in [0, 0.05) is 18.5 Å². The van der Waals surface area contributed by atoms with E-state index >= 15 is 4.79 Å². The van der Waals surface area contributed by atoms with Crippen LogP contribution in [0.15, 0.2) is 84.4 Å². The standard InChI is InChI=1S/C35H30F3N3O6/c1-18-8-10-20(11-9-18)39-41-31(44)26-17-24-22(13-14-23-28(24)32(45)40(2)30(23)43)29(34(26,33(41)46)19-6-4-3-5-7-19)25-16-21(12-15-27(25)42)47-35(36,37)38/h3-13,15-16,23-24,26,28-29,39,42H,14,17H2,1-2H3/t23-,24+,26-,28-,29+,34+/m0/s1. The van der Waals surface area contributed by atoms with Gasteiger partial charge in [0.15, 0.2) is 0 Å². The minimum absolute atomic E-state index is 0.0153. The monoisotopic (exact) mass is 645 g/mol. The predicted octanol–water partition coefficient (Wildman–Crippen LogP) is 5.21. The highest BCUT2D eigenvalue weighted by Crippen LogP contribution is 2.65. The third kappa shape index (κ3) is 4.60. The number of ether oxygens (including phenoxy) is 1. The van der Waals surface area contributed by atoms with Gasteiger partial charge in [-0.25, -0.2) is 0 Å². The lowest BCUT2D eigenvalue weighted by Crippen LogP contribution is -2.53. The minimum Gasteiger partial charge on any atom is -0.508 e. The number of rotatable bonds is 5. The number of likely N-dealkylation sites (tertiary alicyclic amines) is 1. The Hall–Kier alpha value is -5.13. The highest BCUT2D eigenvalue weighted by atomic mass is 19.4. The zero-order valence-corrected chi connectivity index (χ0v) is 25.3. The molecular formula is C35H30F3N3O6. The number of carbonyl (C=O) groups is 4. The Morgan fingerprint density at radius 3 is 2.30 bits per heavy atom. The van der Waals surface area contributed by atoms with Crippen LogP contribution in [0.5, 0.6) is 11.5 Å². The molecule has 9 nitrogen and oxygen atoms in total. The number of imide groups is 2. The highest BCUT2D eigenvalue weighted by molar-refractivity contribution is 6.13.